The Balaban J connectivity index is 0.00000240. The van der Waals surface area contributed by atoms with Gasteiger partial charge in [-0.1, -0.05) is 0 Å². The number of methoxy groups -OCH3 is 2. The summed E-state index contributed by atoms with van der Waals surface area (Å²) in [7, 11) is 4.87. The van der Waals surface area contributed by atoms with Gasteiger partial charge in [-0.2, -0.15) is 0 Å². The van der Waals surface area contributed by atoms with Crippen LogP contribution in [0.3, 0.4) is 0 Å². The van der Waals surface area contributed by atoms with Crippen LogP contribution in [-0.4, -0.2) is 80.1 Å². The maximum Gasteiger partial charge on any atom is 0.340 e. The van der Waals surface area contributed by atoms with E-state index in [1.807, 2.05) is 30.2 Å². The third-order valence-corrected chi connectivity index (χ3v) is 5.09. The number of carboxylic acids is 1. The third kappa shape index (κ3) is 3.77. The second kappa shape index (κ2) is 8.57. The van der Waals surface area contributed by atoms with E-state index in [0.29, 0.717) is 17.1 Å². The number of hydrogen-bond donors (Lipinski definition) is 1. The van der Waals surface area contributed by atoms with Gasteiger partial charge in [0.05, 0.1) is 14.2 Å². The molecule has 0 bridgehead atoms. The van der Waals surface area contributed by atoms with Crippen molar-refractivity contribution >= 4 is 47.3 Å². The van der Waals surface area contributed by atoms with Crippen molar-refractivity contribution in [2.75, 3.05) is 34.6 Å². The van der Waals surface area contributed by atoms with E-state index in [-0.39, 0.29) is 47.7 Å². The molecule has 2 aliphatic rings. The summed E-state index contributed by atoms with van der Waals surface area (Å²) in [6.45, 7) is 0.944. The molecule has 0 atom stereocenters. The number of nitrogens with zero attached hydrogens (tertiary/aromatic N) is 1. The van der Waals surface area contributed by atoms with E-state index < -0.39 is 5.97 Å². The number of ether oxygens (including phenoxy) is 4. The summed E-state index contributed by atoms with van der Waals surface area (Å²) in [5, 5.41) is 9.89. The van der Waals surface area contributed by atoms with Crippen LogP contribution in [0.25, 0.3) is 11.8 Å². The van der Waals surface area contributed by atoms with Crippen LogP contribution in [0.5, 0.6) is 23.0 Å². The Bertz CT molecular complexity index is 988. The van der Waals surface area contributed by atoms with Gasteiger partial charge in [0.1, 0.15) is 5.56 Å². The quantitative estimate of drug-likeness (QED) is 0.783. The number of rotatable bonds is 4. The first-order valence-corrected chi connectivity index (χ1v) is 8.87. The minimum Gasteiger partial charge on any atom is -0.493 e. The first-order chi connectivity index (χ1) is 13.5. The normalized spacial score (nSPS) is 14.3. The smallest absolute Gasteiger partial charge is 0.340 e. The molecule has 4 rings (SSSR count). The minimum absolute atomic E-state index is 0. The van der Waals surface area contributed by atoms with E-state index in [0.717, 1.165) is 35.5 Å². The number of likely N-dealkylation sites (N-methyl/N-ethyl adjacent to an activating group) is 1. The van der Waals surface area contributed by atoms with Gasteiger partial charge < -0.3 is 29.0 Å². The van der Waals surface area contributed by atoms with Gasteiger partial charge in [0.25, 0.3) is 0 Å². The van der Waals surface area contributed by atoms with E-state index in [1.54, 1.807) is 12.1 Å². The molecule has 2 aromatic carbocycles. The SMILES string of the molecule is COc1ccc(C2=Cc3cc4c(cc3CCN2C)OCO4)c(C(=O)O)c1OC.[Na]. The maximum absolute atomic E-state index is 12.1. The van der Waals surface area contributed by atoms with Gasteiger partial charge in [0, 0.05) is 54.4 Å². The minimum atomic E-state index is -1.07. The molecule has 2 aromatic rings. The summed E-state index contributed by atoms with van der Waals surface area (Å²) >= 11 is 0. The van der Waals surface area contributed by atoms with Crippen molar-refractivity contribution in [3.05, 3.63) is 46.5 Å². The molecule has 0 saturated heterocycles. The van der Waals surface area contributed by atoms with Crippen molar-refractivity contribution in [1.29, 1.82) is 0 Å². The van der Waals surface area contributed by atoms with Gasteiger partial charge in [-0.15, -0.1) is 0 Å². The van der Waals surface area contributed by atoms with Crippen LogP contribution in [0, 0.1) is 0 Å². The topological polar surface area (TPSA) is 77.5 Å². The summed E-state index contributed by atoms with van der Waals surface area (Å²) < 4.78 is 21.6. The summed E-state index contributed by atoms with van der Waals surface area (Å²) in [6, 6.07) is 7.42. The van der Waals surface area contributed by atoms with Crippen LogP contribution >= 0.6 is 0 Å². The Labute approximate surface area is 191 Å². The first kappa shape index (κ1) is 21.4. The Morgan fingerprint density at radius 2 is 1.86 bits per heavy atom. The molecule has 0 amide bonds. The van der Waals surface area contributed by atoms with Gasteiger partial charge in [-0.25, -0.2) is 4.79 Å². The molecule has 0 unspecified atom stereocenters. The standard InChI is InChI=1S/C21H21NO6.Na/c1-22-7-6-12-9-17-18(28-11-27-17)10-13(12)8-15(22)14-4-5-16(25-2)20(26-3)19(14)21(23)24;/h4-5,8-10H,6-7,11H2,1-3H3,(H,23,24);. The fraction of sp³-hybridized carbons (Fsp3) is 0.286. The zero-order chi connectivity index (χ0) is 19.8. The van der Waals surface area contributed by atoms with Crippen LogP contribution in [-0.2, 0) is 6.42 Å². The van der Waals surface area contributed by atoms with Gasteiger partial charge >= 0.3 is 5.97 Å². The Kier molecular flexibility index (Phi) is 6.31. The molecule has 0 aliphatic carbocycles. The fourth-order valence-electron chi connectivity index (χ4n) is 3.65. The van der Waals surface area contributed by atoms with Crippen LogP contribution in [0.4, 0.5) is 0 Å². The molecule has 8 heteroatoms. The van der Waals surface area contributed by atoms with Gasteiger partial charge in [0.2, 0.25) is 6.79 Å². The van der Waals surface area contributed by atoms with Crippen molar-refractivity contribution < 1.29 is 28.8 Å². The summed E-state index contributed by atoms with van der Waals surface area (Å²) in [4.78, 5) is 14.1. The van der Waals surface area contributed by atoms with Crippen LogP contribution in [0.1, 0.15) is 27.0 Å². The zero-order valence-corrected chi connectivity index (χ0v) is 18.9. The Morgan fingerprint density at radius 1 is 1.14 bits per heavy atom. The van der Waals surface area contributed by atoms with Crippen molar-refractivity contribution in [3.63, 3.8) is 0 Å². The largest absolute Gasteiger partial charge is 0.493 e. The maximum atomic E-state index is 12.1. The first-order valence-electron chi connectivity index (χ1n) is 8.87. The second-order valence-electron chi connectivity index (χ2n) is 6.63. The van der Waals surface area contributed by atoms with Gasteiger partial charge in [0.15, 0.2) is 23.0 Å². The molecule has 29 heavy (non-hydrogen) atoms. The fourth-order valence-corrected chi connectivity index (χ4v) is 3.65. The molecular weight excluding hydrogens is 385 g/mol. The molecule has 147 valence electrons. The van der Waals surface area contributed by atoms with Crippen molar-refractivity contribution in [3.8, 4) is 23.0 Å². The number of carbonyl (C=O) groups is 1. The average molecular weight is 406 g/mol. The monoisotopic (exact) mass is 406 g/mol. The number of carboxylic acid groups (broad SMARTS) is 1. The van der Waals surface area contributed by atoms with Crippen LogP contribution < -0.4 is 18.9 Å². The molecule has 1 N–H and O–H groups in total. The van der Waals surface area contributed by atoms with Crippen molar-refractivity contribution in [2.45, 2.75) is 6.42 Å². The zero-order valence-electron chi connectivity index (χ0n) is 16.9. The molecule has 0 aromatic heterocycles. The number of fused-ring (bicyclic) bond motifs is 2. The predicted octanol–water partition coefficient (Wildman–Crippen LogP) is 2.74. The molecule has 1 radical (unpaired) electrons. The summed E-state index contributed by atoms with van der Waals surface area (Å²) in [6.07, 6.45) is 2.79. The molecule has 2 aliphatic heterocycles. The summed E-state index contributed by atoms with van der Waals surface area (Å²) in [5.74, 6) is 0.955. The van der Waals surface area contributed by atoms with E-state index in [4.69, 9.17) is 18.9 Å². The van der Waals surface area contributed by atoms with Gasteiger partial charge in [-0.3, -0.25) is 0 Å². The van der Waals surface area contributed by atoms with Crippen molar-refractivity contribution in [2.24, 2.45) is 0 Å². The van der Waals surface area contributed by atoms with Gasteiger partial charge in [-0.05, 0) is 47.9 Å². The molecule has 0 saturated carbocycles. The predicted molar refractivity (Wildman–Crippen MR) is 109 cm³/mol. The van der Waals surface area contributed by atoms with E-state index in [2.05, 4.69) is 0 Å². The number of hydrogen-bond acceptors (Lipinski definition) is 6. The second-order valence-corrected chi connectivity index (χ2v) is 6.63. The molecule has 0 spiro atoms. The van der Waals surface area contributed by atoms with E-state index in [9.17, 15) is 9.90 Å². The molecular formula is C21H21NNaO6. The van der Waals surface area contributed by atoms with Crippen molar-refractivity contribution in [1.82, 2.24) is 4.90 Å². The Morgan fingerprint density at radius 3 is 2.52 bits per heavy atom. The number of aromatic carboxylic acids is 1. The van der Waals surface area contributed by atoms with Crippen LogP contribution in [0.15, 0.2) is 24.3 Å². The summed E-state index contributed by atoms with van der Waals surface area (Å²) in [5.41, 5.74) is 3.54. The molecule has 7 nitrogen and oxygen atoms in total. The Hall–Kier alpha value is -2.35. The molecule has 2 heterocycles. The van der Waals surface area contributed by atoms with E-state index in [1.165, 1.54) is 14.2 Å². The number of benzene rings is 2. The van der Waals surface area contributed by atoms with E-state index >= 15 is 0 Å². The van der Waals surface area contributed by atoms with Crippen LogP contribution in [0.2, 0.25) is 0 Å². The molecule has 0 fully saturated rings. The average Bonchev–Trinajstić information content (AvgIpc) is 3.09. The third-order valence-electron chi connectivity index (χ3n) is 5.09.